The molecule has 0 heterocycles. The number of hydrogen-bond donors (Lipinski definition) is 1. The molecular formula is C48H85NO8P+. The molecule has 0 saturated heterocycles. The number of nitrogens with zero attached hydrogens (tertiary/aromatic N) is 1. The van der Waals surface area contributed by atoms with Gasteiger partial charge in [0, 0.05) is 12.8 Å². The van der Waals surface area contributed by atoms with E-state index in [0.717, 1.165) is 64.2 Å². The summed E-state index contributed by atoms with van der Waals surface area (Å²) in [5.41, 5.74) is 0. The van der Waals surface area contributed by atoms with Crippen LogP contribution in [0.15, 0.2) is 72.9 Å². The van der Waals surface area contributed by atoms with E-state index in [4.69, 9.17) is 18.5 Å². The minimum absolute atomic E-state index is 0.0171. The van der Waals surface area contributed by atoms with Gasteiger partial charge in [0.25, 0.3) is 0 Å². The maximum Gasteiger partial charge on any atom is 0.472 e. The number of carbonyl (C=O) groups is 2. The monoisotopic (exact) mass is 835 g/mol. The number of ether oxygens (including phenoxy) is 2. The molecule has 10 heteroatoms. The van der Waals surface area contributed by atoms with Crippen molar-refractivity contribution >= 4 is 19.8 Å². The van der Waals surface area contributed by atoms with Crippen LogP contribution in [0.4, 0.5) is 0 Å². The van der Waals surface area contributed by atoms with Gasteiger partial charge in [-0.1, -0.05) is 151 Å². The standard InChI is InChI=1S/C48H84NO8P/c1-6-8-10-12-14-16-18-20-22-24-26-28-30-32-34-36-38-40-47(50)54-44-46(45-56-58(52,53)55-43-42-49(3,4)5)57-48(51)41-39-37-35-33-31-29-27-25-23-21-19-17-15-13-11-9-7-2/h9,11,15,17,20-23,27,29,33,35,46H,6-8,10,12-14,16,18-19,24-26,28,30-32,34,36-45H2,1-5H3/p+1/b11-9-,17-15-,22-20-,23-21-,29-27-,35-33-. The first-order chi connectivity index (χ1) is 28.0. The maximum atomic E-state index is 12.7. The molecule has 58 heavy (non-hydrogen) atoms. The number of hydrogen-bond acceptors (Lipinski definition) is 7. The lowest BCUT2D eigenvalue weighted by Crippen LogP contribution is -2.37. The summed E-state index contributed by atoms with van der Waals surface area (Å²) in [6, 6.07) is 0. The second kappa shape index (κ2) is 39.9. The SMILES string of the molecule is CC/C=C\C/C=C\C/C=C\C/C=C\C/C=C\CCCC(=O)OC(COC(=O)CCCCCCCCC/C=C\CCCCCCCC)COP(=O)(O)OCC[N+](C)(C)C. The van der Waals surface area contributed by atoms with Gasteiger partial charge in [0.1, 0.15) is 19.8 Å². The minimum atomic E-state index is -4.40. The summed E-state index contributed by atoms with van der Waals surface area (Å²) in [4.78, 5) is 35.4. The second-order valence-electron chi connectivity index (χ2n) is 16.0. The first-order valence-electron chi connectivity index (χ1n) is 22.7. The molecule has 2 unspecified atom stereocenters. The van der Waals surface area contributed by atoms with Gasteiger partial charge in [-0.05, 0) is 77.0 Å². The van der Waals surface area contributed by atoms with Crippen molar-refractivity contribution in [2.45, 2.75) is 174 Å². The molecule has 0 saturated carbocycles. The molecule has 0 rings (SSSR count). The molecule has 0 amide bonds. The quantitative estimate of drug-likeness (QED) is 0.0214. The van der Waals surface area contributed by atoms with Crippen LogP contribution in [0.2, 0.25) is 0 Å². The Morgan fingerprint density at radius 1 is 0.552 bits per heavy atom. The van der Waals surface area contributed by atoms with Crippen molar-refractivity contribution in [3.8, 4) is 0 Å². The summed E-state index contributed by atoms with van der Waals surface area (Å²) in [5, 5.41) is 0. The Hall–Kier alpha value is -2.55. The Bertz CT molecular complexity index is 1220. The van der Waals surface area contributed by atoms with E-state index in [2.05, 4.69) is 80.7 Å². The number of phosphoric acid groups is 1. The lowest BCUT2D eigenvalue weighted by Gasteiger charge is -2.24. The van der Waals surface area contributed by atoms with Gasteiger partial charge in [0.15, 0.2) is 6.10 Å². The molecule has 0 bridgehead atoms. The van der Waals surface area contributed by atoms with E-state index in [1.165, 1.54) is 64.2 Å². The van der Waals surface area contributed by atoms with Crippen molar-refractivity contribution in [1.29, 1.82) is 0 Å². The van der Waals surface area contributed by atoms with Crippen molar-refractivity contribution < 1.29 is 42.1 Å². The fourth-order valence-corrected chi connectivity index (χ4v) is 6.43. The van der Waals surface area contributed by atoms with Crippen molar-refractivity contribution in [3.63, 3.8) is 0 Å². The fraction of sp³-hybridized carbons (Fsp3) is 0.708. The van der Waals surface area contributed by atoms with Crippen LogP contribution in [0.25, 0.3) is 0 Å². The summed E-state index contributed by atoms with van der Waals surface area (Å²) in [6.45, 7) is 4.22. The lowest BCUT2D eigenvalue weighted by molar-refractivity contribution is -0.870. The van der Waals surface area contributed by atoms with Crippen LogP contribution >= 0.6 is 7.82 Å². The van der Waals surface area contributed by atoms with E-state index in [1.807, 2.05) is 27.2 Å². The van der Waals surface area contributed by atoms with E-state index < -0.39 is 32.5 Å². The number of rotatable bonds is 40. The maximum absolute atomic E-state index is 12.7. The molecule has 2 atom stereocenters. The molecule has 0 spiro atoms. The van der Waals surface area contributed by atoms with Crippen molar-refractivity contribution in [1.82, 2.24) is 0 Å². The van der Waals surface area contributed by atoms with Crippen LogP contribution in [0.3, 0.4) is 0 Å². The second-order valence-corrected chi connectivity index (χ2v) is 17.5. The van der Waals surface area contributed by atoms with Gasteiger partial charge in [0.2, 0.25) is 0 Å². The molecule has 0 aromatic heterocycles. The molecule has 0 aromatic carbocycles. The third kappa shape index (κ3) is 43.0. The molecule has 1 N–H and O–H groups in total. The highest BCUT2D eigenvalue weighted by Crippen LogP contribution is 2.43. The van der Waals surface area contributed by atoms with Crippen LogP contribution in [-0.4, -0.2) is 74.9 Å². The van der Waals surface area contributed by atoms with Gasteiger partial charge < -0.3 is 18.9 Å². The lowest BCUT2D eigenvalue weighted by atomic mass is 10.1. The fourth-order valence-electron chi connectivity index (χ4n) is 5.69. The largest absolute Gasteiger partial charge is 0.472 e. The van der Waals surface area contributed by atoms with E-state index >= 15 is 0 Å². The molecule has 0 aliphatic carbocycles. The topological polar surface area (TPSA) is 108 Å². The smallest absolute Gasteiger partial charge is 0.462 e. The van der Waals surface area contributed by atoms with Gasteiger partial charge in [-0.2, -0.15) is 0 Å². The molecule has 0 aliphatic heterocycles. The van der Waals surface area contributed by atoms with Gasteiger partial charge in [0.05, 0.1) is 27.7 Å². The van der Waals surface area contributed by atoms with Gasteiger partial charge in [-0.15, -0.1) is 0 Å². The summed E-state index contributed by atoms with van der Waals surface area (Å²) in [5.74, 6) is -0.876. The van der Waals surface area contributed by atoms with Crippen LogP contribution in [0.1, 0.15) is 168 Å². The first kappa shape index (κ1) is 55.5. The summed E-state index contributed by atoms with van der Waals surface area (Å²) in [6.07, 6.45) is 49.6. The van der Waals surface area contributed by atoms with Crippen molar-refractivity contribution in [3.05, 3.63) is 72.9 Å². The van der Waals surface area contributed by atoms with Crippen LogP contribution < -0.4 is 0 Å². The molecule has 0 radical (unpaired) electrons. The van der Waals surface area contributed by atoms with Gasteiger partial charge >= 0.3 is 19.8 Å². The van der Waals surface area contributed by atoms with Gasteiger partial charge in [-0.3, -0.25) is 18.6 Å². The Kier molecular flexibility index (Phi) is 38.1. The number of phosphoric ester groups is 1. The van der Waals surface area contributed by atoms with E-state index in [-0.39, 0.29) is 26.1 Å². The predicted molar refractivity (Wildman–Crippen MR) is 242 cm³/mol. The molecule has 0 aromatic rings. The Labute approximate surface area is 355 Å². The van der Waals surface area contributed by atoms with E-state index in [0.29, 0.717) is 23.9 Å². The molecular weight excluding hydrogens is 750 g/mol. The average Bonchev–Trinajstić information content (AvgIpc) is 3.17. The first-order valence-corrected chi connectivity index (χ1v) is 24.2. The molecule has 334 valence electrons. The highest BCUT2D eigenvalue weighted by atomic mass is 31.2. The third-order valence-corrected chi connectivity index (χ3v) is 10.2. The summed E-state index contributed by atoms with van der Waals surface area (Å²) >= 11 is 0. The Morgan fingerprint density at radius 2 is 1.00 bits per heavy atom. The number of allylic oxidation sites excluding steroid dienone is 12. The van der Waals surface area contributed by atoms with Crippen LogP contribution in [0, 0.1) is 0 Å². The molecule has 0 aliphatic rings. The van der Waals surface area contributed by atoms with Crippen molar-refractivity contribution in [2.24, 2.45) is 0 Å². The summed E-state index contributed by atoms with van der Waals surface area (Å²) in [7, 11) is 1.43. The van der Waals surface area contributed by atoms with Gasteiger partial charge in [-0.25, -0.2) is 4.57 Å². The number of unbranched alkanes of at least 4 members (excludes halogenated alkanes) is 14. The average molecular weight is 835 g/mol. The zero-order chi connectivity index (χ0) is 42.8. The van der Waals surface area contributed by atoms with Crippen LogP contribution in [-0.2, 0) is 32.7 Å². The molecule has 0 fully saturated rings. The summed E-state index contributed by atoms with van der Waals surface area (Å²) < 4.78 is 34.3. The zero-order valence-electron chi connectivity index (χ0n) is 37.5. The molecule has 9 nitrogen and oxygen atoms in total. The Balaban J connectivity index is 4.45. The number of likely N-dealkylation sites (N-methyl/N-ethyl adjacent to an activating group) is 1. The van der Waals surface area contributed by atoms with Crippen LogP contribution in [0.5, 0.6) is 0 Å². The third-order valence-electron chi connectivity index (χ3n) is 9.22. The number of carbonyl (C=O) groups excluding carboxylic acids is 2. The van der Waals surface area contributed by atoms with E-state index in [1.54, 1.807) is 0 Å². The highest BCUT2D eigenvalue weighted by Gasteiger charge is 2.27. The zero-order valence-corrected chi connectivity index (χ0v) is 38.4. The number of quaternary nitrogens is 1. The normalized spacial score (nSPS) is 14.2. The predicted octanol–water partition coefficient (Wildman–Crippen LogP) is 13.0. The Morgan fingerprint density at radius 3 is 1.53 bits per heavy atom. The highest BCUT2D eigenvalue weighted by molar-refractivity contribution is 7.47. The van der Waals surface area contributed by atoms with Crippen molar-refractivity contribution in [2.75, 3.05) is 47.5 Å². The van der Waals surface area contributed by atoms with E-state index in [9.17, 15) is 19.0 Å². The minimum Gasteiger partial charge on any atom is -0.462 e. The number of esters is 2.